The average molecular weight is 475 g/mol. The zero-order valence-electron chi connectivity index (χ0n) is 15.9. The highest BCUT2D eigenvalue weighted by molar-refractivity contribution is 9.10. The van der Waals surface area contributed by atoms with E-state index in [1.807, 2.05) is 35.9 Å². The summed E-state index contributed by atoms with van der Waals surface area (Å²) in [5.74, 6) is 0.359. The van der Waals surface area contributed by atoms with Crippen LogP contribution in [-0.2, 0) is 16.6 Å². The molecule has 7 nitrogen and oxygen atoms in total. The molecule has 0 radical (unpaired) electrons. The van der Waals surface area contributed by atoms with Crippen LogP contribution in [0.2, 0.25) is 0 Å². The largest absolute Gasteiger partial charge is 0.462 e. The number of rotatable bonds is 7. The van der Waals surface area contributed by atoms with Gasteiger partial charge in [0.15, 0.2) is 11.0 Å². The third-order valence-corrected chi connectivity index (χ3v) is 5.50. The number of anilines is 1. The van der Waals surface area contributed by atoms with Crippen molar-refractivity contribution in [3.8, 4) is 11.4 Å². The second-order valence-corrected chi connectivity index (χ2v) is 7.86. The minimum atomic E-state index is -0.384. The number of ether oxygens (including phenoxy) is 1. The lowest BCUT2D eigenvalue weighted by Crippen LogP contribution is -2.14. The van der Waals surface area contributed by atoms with E-state index in [4.69, 9.17) is 4.74 Å². The van der Waals surface area contributed by atoms with E-state index < -0.39 is 0 Å². The van der Waals surface area contributed by atoms with Crippen molar-refractivity contribution in [2.75, 3.05) is 17.7 Å². The van der Waals surface area contributed by atoms with Crippen molar-refractivity contribution in [1.29, 1.82) is 0 Å². The van der Waals surface area contributed by atoms with Gasteiger partial charge >= 0.3 is 5.97 Å². The van der Waals surface area contributed by atoms with E-state index in [1.54, 1.807) is 31.2 Å². The monoisotopic (exact) mass is 474 g/mol. The van der Waals surface area contributed by atoms with Crippen LogP contribution in [0, 0.1) is 0 Å². The molecule has 0 aliphatic heterocycles. The van der Waals surface area contributed by atoms with E-state index in [0.717, 1.165) is 15.9 Å². The van der Waals surface area contributed by atoms with Gasteiger partial charge in [0.05, 0.1) is 17.9 Å². The smallest absolute Gasteiger partial charge is 0.338 e. The normalized spacial score (nSPS) is 10.6. The standard InChI is InChI=1S/C20H19BrN4O3S/c1-3-28-19(27)14-6-10-16(11-7-14)22-17(26)12-29-20-24-23-18(25(20)2)13-4-8-15(21)9-5-13/h4-11H,3,12H2,1-2H3,(H,22,26). The molecule has 0 aliphatic rings. The lowest BCUT2D eigenvalue weighted by atomic mass is 10.2. The van der Waals surface area contributed by atoms with Crippen LogP contribution in [-0.4, -0.2) is 39.0 Å². The van der Waals surface area contributed by atoms with Crippen LogP contribution in [0.15, 0.2) is 58.2 Å². The summed E-state index contributed by atoms with van der Waals surface area (Å²) in [4.78, 5) is 23.9. The molecule has 0 spiro atoms. The molecule has 3 aromatic rings. The molecule has 1 heterocycles. The lowest BCUT2D eigenvalue weighted by molar-refractivity contribution is -0.113. The number of nitrogens with zero attached hydrogens (tertiary/aromatic N) is 3. The van der Waals surface area contributed by atoms with Crippen molar-refractivity contribution in [2.45, 2.75) is 12.1 Å². The SMILES string of the molecule is CCOC(=O)c1ccc(NC(=O)CSc2nnc(-c3ccc(Br)cc3)n2C)cc1. The third kappa shape index (κ3) is 5.45. The zero-order valence-corrected chi connectivity index (χ0v) is 18.3. The van der Waals surface area contributed by atoms with Crippen molar-refractivity contribution in [3.05, 3.63) is 58.6 Å². The molecule has 2 aromatic carbocycles. The quantitative estimate of drug-likeness (QED) is 0.408. The van der Waals surface area contributed by atoms with E-state index in [0.29, 0.717) is 23.0 Å². The first-order valence-electron chi connectivity index (χ1n) is 8.83. The fraction of sp³-hybridized carbons (Fsp3) is 0.200. The molecule has 0 bridgehead atoms. The molecule has 0 saturated carbocycles. The number of hydrogen-bond acceptors (Lipinski definition) is 6. The second kappa shape index (κ2) is 9.71. The van der Waals surface area contributed by atoms with Gasteiger partial charge in [0.1, 0.15) is 0 Å². The highest BCUT2D eigenvalue weighted by Gasteiger charge is 2.13. The Balaban J connectivity index is 1.57. The number of amides is 1. The molecule has 0 fully saturated rings. The molecule has 29 heavy (non-hydrogen) atoms. The minimum Gasteiger partial charge on any atom is -0.462 e. The van der Waals surface area contributed by atoms with Gasteiger partial charge in [0.2, 0.25) is 5.91 Å². The molecule has 150 valence electrons. The van der Waals surface area contributed by atoms with Crippen LogP contribution in [0.1, 0.15) is 17.3 Å². The van der Waals surface area contributed by atoms with Crippen molar-refractivity contribution < 1.29 is 14.3 Å². The molecule has 0 aliphatic carbocycles. The Morgan fingerprint density at radius 2 is 1.79 bits per heavy atom. The molecule has 1 amide bonds. The van der Waals surface area contributed by atoms with Gasteiger partial charge in [-0.05, 0) is 43.3 Å². The Bertz CT molecular complexity index is 1000. The minimum absolute atomic E-state index is 0.174. The molecule has 3 rings (SSSR count). The second-order valence-electron chi connectivity index (χ2n) is 6.01. The van der Waals surface area contributed by atoms with Crippen LogP contribution in [0.4, 0.5) is 5.69 Å². The van der Waals surface area contributed by atoms with Gasteiger partial charge in [-0.15, -0.1) is 10.2 Å². The van der Waals surface area contributed by atoms with Crippen LogP contribution < -0.4 is 5.32 Å². The molecule has 1 aromatic heterocycles. The summed E-state index contributed by atoms with van der Waals surface area (Å²) in [6, 6.07) is 14.4. The first-order valence-corrected chi connectivity index (χ1v) is 10.6. The molecule has 9 heteroatoms. The molecule has 0 unspecified atom stereocenters. The molecule has 0 saturated heterocycles. The summed E-state index contributed by atoms with van der Waals surface area (Å²) >= 11 is 4.71. The number of hydrogen-bond donors (Lipinski definition) is 1. The van der Waals surface area contributed by atoms with E-state index >= 15 is 0 Å². The van der Waals surface area contributed by atoms with Crippen LogP contribution in [0.5, 0.6) is 0 Å². The van der Waals surface area contributed by atoms with Gasteiger partial charge < -0.3 is 14.6 Å². The Morgan fingerprint density at radius 1 is 1.10 bits per heavy atom. The number of carbonyl (C=O) groups excluding carboxylic acids is 2. The zero-order chi connectivity index (χ0) is 20.8. The fourth-order valence-electron chi connectivity index (χ4n) is 2.52. The number of carbonyl (C=O) groups is 2. The van der Waals surface area contributed by atoms with Gasteiger partial charge in [-0.1, -0.05) is 39.8 Å². The topological polar surface area (TPSA) is 86.1 Å². The van der Waals surface area contributed by atoms with Gasteiger partial charge in [0, 0.05) is 22.8 Å². The number of benzene rings is 2. The maximum atomic E-state index is 12.2. The number of esters is 1. The molecular weight excluding hydrogens is 456 g/mol. The number of thioether (sulfide) groups is 1. The van der Waals surface area contributed by atoms with Crippen molar-refractivity contribution in [1.82, 2.24) is 14.8 Å². The lowest BCUT2D eigenvalue weighted by Gasteiger charge is -2.07. The molecule has 0 atom stereocenters. The summed E-state index contributed by atoms with van der Waals surface area (Å²) in [5.41, 5.74) is 2.00. The summed E-state index contributed by atoms with van der Waals surface area (Å²) in [6.07, 6.45) is 0. The van der Waals surface area contributed by atoms with Gasteiger partial charge in [0.25, 0.3) is 0 Å². The maximum Gasteiger partial charge on any atom is 0.338 e. The van der Waals surface area contributed by atoms with Crippen molar-refractivity contribution >= 4 is 45.3 Å². The Kier molecular flexibility index (Phi) is 7.05. The number of nitrogens with one attached hydrogen (secondary N) is 1. The Labute approximate surface area is 181 Å². The van der Waals surface area contributed by atoms with E-state index in [9.17, 15) is 9.59 Å². The van der Waals surface area contributed by atoms with Crippen LogP contribution >= 0.6 is 27.7 Å². The third-order valence-electron chi connectivity index (χ3n) is 3.95. The maximum absolute atomic E-state index is 12.2. The van der Waals surface area contributed by atoms with Crippen molar-refractivity contribution in [3.63, 3.8) is 0 Å². The first kappa shape index (κ1) is 21.1. The Hall–Kier alpha value is -2.65. The van der Waals surface area contributed by atoms with E-state index in [-0.39, 0.29) is 17.6 Å². The van der Waals surface area contributed by atoms with E-state index in [1.165, 1.54) is 11.8 Å². The predicted molar refractivity (Wildman–Crippen MR) is 116 cm³/mol. The van der Waals surface area contributed by atoms with Gasteiger partial charge in [-0.2, -0.15) is 0 Å². The number of halogens is 1. The highest BCUT2D eigenvalue weighted by Crippen LogP contribution is 2.24. The summed E-state index contributed by atoms with van der Waals surface area (Å²) in [6.45, 7) is 2.07. The van der Waals surface area contributed by atoms with E-state index in [2.05, 4.69) is 31.4 Å². The van der Waals surface area contributed by atoms with Crippen LogP contribution in [0.3, 0.4) is 0 Å². The fourth-order valence-corrected chi connectivity index (χ4v) is 3.50. The summed E-state index contributed by atoms with van der Waals surface area (Å²) in [7, 11) is 1.87. The Morgan fingerprint density at radius 3 is 2.45 bits per heavy atom. The molecule has 1 N–H and O–H groups in total. The average Bonchev–Trinajstić information content (AvgIpc) is 3.08. The first-order chi connectivity index (χ1) is 14.0. The predicted octanol–water partition coefficient (Wildman–Crippen LogP) is 4.15. The number of aromatic nitrogens is 3. The summed E-state index contributed by atoms with van der Waals surface area (Å²) in [5, 5.41) is 11.8. The van der Waals surface area contributed by atoms with Gasteiger partial charge in [-0.25, -0.2) is 4.79 Å². The highest BCUT2D eigenvalue weighted by atomic mass is 79.9. The van der Waals surface area contributed by atoms with Gasteiger partial charge in [-0.3, -0.25) is 4.79 Å². The molecular formula is C20H19BrN4O3S. The van der Waals surface area contributed by atoms with Crippen molar-refractivity contribution in [2.24, 2.45) is 7.05 Å². The van der Waals surface area contributed by atoms with Crippen LogP contribution in [0.25, 0.3) is 11.4 Å². The summed E-state index contributed by atoms with van der Waals surface area (Å²) < 4.78 is 7.79.